The molecule has 1 atom stereocenters. The standard InChI is InChI=1S/C26H20O4/c1-17(27)16-21(18-10-4-2-5-11-18)24-23(25(28)19-12-6-3-7-13-19)20-14-8-9-15-22(20)30-26(24)29/h2-15,21H,16H2,1H3. The smallest absolute Gasteiger partial charge is 0.340 e. The summed E-state index contributed by atoms with van der Waals surface area (Å²) in [7, 11) is 0. The monoisotopic (exact) mass is 396 g/mol. The first-order valence-corrected chi connectivity index (χ1v) is 9.76. The predicted molar refractivity (Wildman–Crippen MR) is 116 cm³/mol. The van der Waals surface area contributed by atoms with E-state index >= 15 is 0 Å². The number of ketones is 2. The van der Waals surface area contributed by atoms with Gasteiger partial charge in [0.05, 0.1) is 5.56 Å². The highest BCUT2D eigenvalue weighted by Gasteiger charge is 2.29. The average Bonchev–Trinajstić information content (AvgIpc) is 2.77. The second-order valence-electron chi connectivity index (χ2n) is 7.24. The van der Waals surface area contributed by atoms with Crippen LogP contribution in [0.4, 0.5) is 0 Å². The molecular formula is C26H20O4. The molecule has 0 aliphatic heterocycles. The number of hydrogen-bond acceptors (Lipinski definition) is 4. The molecule has 0 radical (unpaired) electrons. The van der Waals surface area contributed by atoms with Crippen molar-refractivity contribution in [1.29, 1.82) is 0 Å². The molecular weight excluding hydrogens is 376 g/mol. The summed E-state index contributed by atoms with van der Waals surface area (Å²) in [6.07, 6.45) is 0.0994. The number of benzene rings is 3. The Morgan fingerprint density at radius 2 is 1.43 bits per heavy atom. The first-order chi connectivity index (χ1) is 14.6. The lowest BCUT2D eigenvalue weighted by Gasteiger charge is -2.19. The molecule has 4 rings (SSSR count). The van der Waals surface area contributed by atoms with Gasteiger partial charge in [-0.1, -0.05) is 78.9 Å². The molecule has 0 aliphatic rings. The van der Waals surface area contributed by atoms with Crippen LogP contribution in [0.2, 0.25) is 0 Å². The normalized spacial score (nSPS) is 11.9. The van der Waals surface area contributed by atoms with Crippen LogP contribution in [0.25, 0.3) is 11.0 Å². The summed E-state index contributed by atoms with van der Waals surface area (Å²) >= 11 is 0. The zero-order valence-corrected chi connectivity index (χ0v) is 16.5. The van der Waals surface area contributed by atoms with Gasteiger partial charge in [0, 0.05) is 28.9 Å². The predicted octanol–water partition coefficient (Wildman–Crippen LogP) is 5.14. The SMILES string of the molecule is CC(=O)CC(c1ccccc1)c1c(C(=O)c2ccccc2)c2ccccc2oc1=O. The highest BCUT2D eigenvalue weighted by Crippen LogP contribution is 2.33. The summed E-state index contributed by atoms with van der Waals surface area (Å²) in [4.78, 5) is 38.9. The van der Waals surface area contributed by atoms with E-state index in [1.807, 2.05) is 36.4 Å². The molecule has 3 aromatic carbocycles. The lowest BCUT2D eigenvalue weighted by Crippen LogP contribution is -2.22. The highest BCUT2D eigenvalue weighted by atomic mass is 16.4. The van der Waals surface area contributed by atoms with Gasteiger partial charge in [-0.3, -0.25) is 9.59 Å². The van der Waals surface area contributed by atoms with Crippen molar-refractivity contribution >= 4 is 22.5 Å². The van der Waals surface area contributed by atoms with Crippen molar-refractivity contribution in [2.24, 2.45) is 0 Å². The molecule has 0 saturated heterocycles. The third-order valence-electron chi connectivity index (χ3n) is 5.15. The van der Waals surface area contributed by atoms with Gasteiger partial charge in [0.1, 0.15) is 11.4 Å². The van der Waals surface area contributed by atoms with Crippen molar-refractivity contribution in [1.82, 2.24) is 0 Å². The van der Waals surface area contributed by atoms with E-state index in [0.717, 1.165) is 5.56 Å². The molecule has 0 fully saturated rings. The van der Waals surface area contributed by atoms with Gasteiger partial charge in [0.15, 0.2) is 5.78 Å². The largest absolute Gasteiger partial charge is 0.422 e. The molecule has 0 amide bonds. The van der Waals surface area contributed by atoms with Gasteiger partial charge in [0.2, 0.25) is 0 Å². The number of carbonyl (C=O) groups is 2. The average molecular weight is 396 g/mol. The molecule has 1 heterocycles. The molecule has 0 N–H and O–H groups in total. The Kier molecular flexibility index (Phi) is 5.40. The quantitative estimate of drug-likeness (QED) is 0.335. The molecule has 0 spiro atoms. The number of para-hydroxylation sites is 1. The van der Waals surface area contributed by atoms with E-state index in [1.165, 1.54) is 6.92 Å². The van der Waals surface area contributed by atoms with E-state index in [2.05, 4.69) is 0 Å². The van der Waals surface area contributed by atoms with Gasteiger partial charge in [-0.15, -0.1) is 0 Å². The summed E-state index contributed by atoms with van der Waals surface area (Å²) in [6.45, 7) is 1.48. The van der Waals surface area contributed by atoms with Crippen LogP contribution in [-0.2, 0) is 4.79 Å². The van der Waals surface area contributed by atoms with Gasteiger partial charge >= 0.3 is 5.63 Å². The molecule has 4 heteroatoms. The van der Waals surface area contributed by atoms with Crippen LogP contribution in [0.5, 0.6) is 0 Å². The third kappa shape index (κ3) is 3.72. The second-order valence-corrected chi connectivity index (χ2v) is 7.24. The van der Waals surface area contributed by atoms with E-state index in [0.29, 0.717) is 22.1 Å². The summed E-state index contributed by atoms with van der Waals surface area (Å²) in [5, 5.41) is 0.561. The van der Waals surface area contributed by atoms with E-state index in [9.17, 15) is 14.4 Å². The van der Waals surface area contributed by atoms with Gasteiger partial charge in [-0.2, -0.15) is 0 Å². The molecule has 0 bridgehead atoms. The number of carbonyl (C=O) groups excluding carboxylic acids is 2. The molecule has 1 aromatic heterocycles. The van der Waals surface area contributed by atoms with Crippen molar-refractivity contribution in [3.63, 3.8) is 0 Å². The first-order valence-electron chi connectivity index (χ1n) is 9.76. The fourth-order valence-electron chi connectivity index (χ4n) is 3.82. The van der Waals surface area contributed by atoms with Gasteiger partial charge < -0.3 is 4.42 Å². The molecule has 4 nitrogen and oxygen atoms in total. The Hall–Kier alpha value is -3.79. The van der Waals surface area contributed by atoms with E-state index in [4.69, 9.17) is 4.42 Å². The maximum atomic E-state index is 13.6. The third-order valence-corrected chi connectivity index (χ3v) is 5.15. The second kappa shape index (κ2) is 8.29. The highest BCUT2D eigenvalue weighted by molar-refractivity contribution is 6.16. The van der Waals surface area contributed by atoms with Crippen LogP contribution in [0.3, 0.4) is 0 Å². The Morgan fingerprint density at radius 1 is 0.833 bits per heavy atom. The van der Waals surface area contributed by atoms with Crippen LogP contribution in [-0.4, -0.2) is 11.6 Å². The lowest BCUT2D eigenvalue weighted by atomic mass is 9.82. The van der Waals surface area contributed by atoms with Crippen LogP contribution < -0.4 is 5.63 Å². The maximum absolute atomic E-state index is 13.6. The van der Waals surface area contributed by atoms with Gasteiger partial charge in [-0.05, 0) is 18.6 Å². The summed E-state index contributed by atoms with van der Waals surface area (Å²) in [6, 6.07) is 25.1. The fraction of sp³-hybridized carbons (Fsp3) is 0.115. The molecule has 148 valence electrons. The van der Waals surface area contributed by atoms with Crippen LogP contribution in [0.1, 0.15) is 46.3 Å². The number of fused-ring (bicyclic) bond motifs is 1. The van der Waals surface area contributed by atoms with Crippen molar-refractivity contribution < 1.29 is 14.0 Å². The minimum atomic E-state index is -0.594. The molecule has 30 heavy (non-hydrogen) atoms. The number of Topliss-reactive ketones (excluding diaryl/α,β-unsaturated/α-hetero) is 1. The maximum Gasteiger partial charge on any atom is 0.340 e. The van der Waals surface area contributed by atoms with Crippen molar-refractivity contribution in [2.45, 2.75) is 19.3 Å². The zero-order valence-electron chi connectivity index (χ0n) is 16.5. The van der Waals surface area contributed by atoms with Crippen molar-refractivity contribution in [3.05, 3.63) is 118 Å². The minimum absolute atomic E-state index is 0.0745. The Bertz CT molecular complexity index is 1270. The van der Waals surface area contributed by atoms with E-state index in [1.54, 1.807) is 48.5 Å². The first kappa shape index (κ1) is 19.5. The molecule has 0 saturated carbocycles. The van der Waals surface area contributed by atoms with Crippen LogP contribution in [0.15, 0.2) is 94.1 Å². The van der Waals surface area contributed by atoms with Crippen molar-refractivity contribution in [3.8, 4) is 0 Å². The van der Waals surface area contributed by atoms with E-state index in [-0.39, 0.29) is 23.6 Å². The number of rotatable bonds is 6. The summed E-state index contributed by atoms with van der Waals surface area (Å²) < 4.78 is 5.58. The lowest BCUT2D eigenvalue weighted by molar-refractivity contribution is -0.117. The molecule has 0 aliphatic carbocycles. The van der Waals surface area contributed by atoms with Crippen LogP contribution >= 0.6 is 0 Å². The van der Waals surface area contributed by atoms with Gasteiger partial charge in [-0.25, -0.2) is 4.79 Å². The fourth-order valence-corrected chi connectivity index (χ4v) is 3.82. The Morgan fingerprint density at radius 3 is 2.10 bits per heavy atom. The molecule has 4 aromatic rings. The summed E-state index contributed by atoms with van der Waals surface area (Å²) in [5.74, 6) is -0.916. The van der Waals surface area contributed by atoms with Crippen molar-refractivity contribution in [2.75, 3.05) is 0 Å². The molecule has 1 unspecified atom stereocenters. The Labute approximate surface area is 173 Å². The Balaban J connectivity index is 2.05. The summed E-state index contributed by atoms with van der Waals surface area (Å²) in [5.41, 5.74) is 1.54. The van der Waals surface area contributed by atoms with Gasteiger partial charge in [0.25, 0.3) is 0 Å². The van der Waals surface area contributed by atoms with E-state index < -0.39 is 11.5 Å². The van der Waals surface area contributed by atoms with Crippen LogP contribution in [0, 0.1) is 0 Å². The topological polar surface area (TPSA) is 64.3 Å². The number of hydrogen-bond donors (Lipinski definition) is 0. The minimum Gasteiger partial charge on any atom is -0.422 e. The zero-order chi connectivity index (χ0) is 21.1.